The summed E-state index contributed by atoms with van der Waals surface area (Å²) in [6.45, 7) is 6.09. The third-order valence-electron chi connectivity index (χ3n) is 4.99. The standard InChI is InChI=1S/C19H26N2O3/c1-14-6-5-11-20(12-9-14)18(22)10-13-21-16-7-3-4-8-17(16)24-15(2)19(21)23/h3-4,7-8,14-15H,5-6,9-13H2,1-2H3. The third kappa shape index (κ3) is 3.55. The van der Waals surface area contributed by atoms with Gasteiger partial charge in [-0.15, -0.1) is 0 Å². The van der Waals surface area contributed by atoms with Gasteiger partial charge >= 0.3 is 0 Å². The first-order valence-corrected chi connectivity index (χ1v) is 8.91. The summed E-state index contributed by atoms with van der Waals surface area (Å²) in [4.78, 5) is 28.7. The molecule has 0 aliphatic carbocycles. The predicted molar refractivity (Wildman–Crippen MR) is 93.1 cm³/mol. The van der Waals surface area contributed by atoms with Crippen LogP contribution in [-0.2, 0) is 9.59 Å². The van der Waals surface area contributed by atoms with Crippen LogP contribution in [0.2, 0.25) is 0 Å². The molecule has 0 saturated carbocycles. The van der Waals surface area contributed by atoms with Gasteiger partial charge in [-0.05, 0) is 44.2 Å². The van der Waals surface area contributed by atoms with E-state index in [2.05, 4.69) is 6.92 Å². The van der Waals surface area contributed by atoms with Crippen LogP contribution in [0, 0.1) is 5.92 Å². The van der Waals surface area contributed by atoms with Crippen molar-refractivity contribution in [1.29, 1.82) is 0 Å². The molecule has 130 valence electrons. The zero-order valence-corrected chi connectivity index (χ0v) is 14.5. The van der Waals surface area contributed by atoms with Gasteiger partial charge in [0.2, 0.25) is 5.91 Å². The lowest BCUT2D eigenvalue weighted by Gasteiger charge is -2.33. The quantitative estimate of drug-likeness (QED) is 0.856. The van der Waals surface area contributed by atoms with Crippen molar-refractivity contribution in [2.75, 3.05) is 24.5 Å². The molecule has 5 nitrogen and oxygen atoms in total. The molecule has 2 unspecified atom stereocenters. The van der Waals surface area contributed by atoms with Gasteiger partial charge < -0.3 is 14.5 Å². The fourth-order valence-corrected chi connectivity index (χ4v) is 3.47. The van der Waals surface area contributed by atoms with Gasteiger partial charge in [0.15, 0.2) is 6.10 Å². The number of ether oxygens (including phenoxy) is 1. The van der Waals surface area contributed by atoms with Crippen molar-refractivity contribution in [3.63, 3.8) is 0 Å². The number of nitrogens with zero attached hydrogens (tertiary/aromatic N) is 2. The first-order valence-electron chi connectivity index (χ1n) is 8.91. The molecule has 2 heterocycles. The Labute approximate surface area is 143 Å². The van der Waals surface area contributed by atoms with Crippen LogP contribution in [0.25, 0.3) is 0 Å². The van der Waals surface area contributed by atoms with Crippen molar-refractivity contribution in [2.24, 2.45) is 5.92 Å². The zero-order valence-electron chi connectivity index (χ0n) is 14.5. The Morgan fingerprint density at radius 3 is 2.83 bits per heavy atom. The average Bonchev–Trinajstić information content (AvgIpc) is 2.80. The van der Waals surface area contributed by atoms with Crippen LogP contribution >= 0.6 is 0 Å². The number of fused-ring (bicyclic) bond motifs is 1. The fourth-order valence-electron chi connectivity index (χ4n) is 3.47. The van der Waals surface area contributed by atoms with E-state index in [0.29, 0.717) is 24.6 Å². The van der Waals surface area contributed by atoms with Crippen molar-refractivity contribution in [1.82, 2.24) is 4.90 Å². The molecule has 1 aromatic carbocycles. The minimum atomic E-state index is -0.506. The summed E-state index contributed by atoms with van der Waals surface area (Å²) in [6, 6.07) is 7.51. The number of para-hydroxylation sites is 2. The molecular formula is C19H26N2O3. The highest BCUT2D eigenvalue weighted by atomic mass is 16.5. The van der Waals surface area contributed by atoms with Crippen LogP contribution in [0.3, 0.4) is 0 Å². The van der Waals surface area contributed by atoms with Gasteiger partial charge in [-0.1, -0.05) is 19.1 Å². The number of rotatable bonds is 3. The van der Waals surface area contributed by atoms with Crippen molar-refractivity contribution >= 4 is 17.5 Å². The zero-order chi connectivity index (χ0) is 17.1. The second kappa shape index (κ2) is 7.24. The number of carbonyl (C=O) groups is 2. The van der Waals surface area contributed by atoms with Crippen LogP contribution in [0.4, 0.5) is 5.69 Å². The summed E-state index contributed by atoms with van der Waals surface area (Å²) in [7, 11) is 0. The number of hydrogen-bond acceptors (Lipinski definition) is 3. The molecule has 5 heteroatoms. The van der Waals surface area contributed by atoms with Crippen molar-refractivity contribution in [3.05, 3.63) is 24.3 Å². The van der Waals surface area contributed by atoms with Crippen LogP contribution in [-0.4, -0.2) is 42.5 Å². The van der Waals surface area contributed by atoms with Gasteiger partial charge in [0, 0.05) is 26.1 Å². The van der Waals surface area contributed by atoms with E-state index < -0.39 is 6.10 Å². The molecule has 2 atom stereocenters. The maximum atomic E-state index is 12.6. The molecule has 2 aliphatic heterocycles. The highest BCUT2D eigenvalue weighted by Gasteiger charge is 2.31. The molecule has 0 spiro atoms. The lowest BCUT2D eigenvalue weighted by atomic mass is 10.0. The normalized spacial score (nSPS) is 24.2. The maximum Gasteiger partial charge on any atom is 0.267 e. The third-order valence-corrected chi connectivity index (χ3v) is 4.99. The van der Waals surface area contributed by atoms with E-state index in [0.717, 1.165) is 31.6 Å². The smallest absolute Gasteiger partial charge is 0.267 e. The molecule has 1 fully saturated rings. The first-order chi connectivity index (χ1) is 11.6. The second-order valence-corrected chi connectivity index (χ2v) is 6.88. The molecule has 0 N–H and O–H groups in total. The predicted octanol–water partition coefficient (Wildman–Crippen LogP) is 2.84. The first kappa shape index (κ1) is 16.8. The number of hydrogen-bond donors (Lipinski definition) is 0. The number of carbonyl (C=O) groups excluding carboxylic acids is 2. The van der Waals surface area contributed by atoms with Gasteiger partial charge in [-0.3, -0.25) is 9.59 Å². The minimum Gasteiger partial charge on any atom is -0.479 e. The second-order valence-electron chi connectivity index (χ2n) is 6.88. The highest BCUT2D eigenvalue weighted by Crippen LogP contribution is 2.33. The summed E-state index contributed by atoms with van der Waals surface area (Å²) in [5.41, 5.74) is 0.762. The number of anilines is 1. The van der Waals surface area contributed by atoms with E-state index in [4.69, 9.17) is 4.74 Å². The monoisotopic (exact) mass is 330 g/mol. The Morgan fingerprint density at radius 2 is 2.00 bits per heavy atom. The Morgan fingerprint density at radius 1 is 1.21 bits per heavy atom. The highest BCUT2D eigenvalue weighted by molar-refractivity contribution is 6.00. The number of amides is 2. The van der Waals surface area contributed by atoms with E-state index in [1.54, 1.807) is 11.8 Å². The van der Waals surface area contributed by atoms with Gasteiger partial charge in [-0.2, -0.15) is 0 Å². The Bertz CT molecular complexity index is 616. The molecule has 3 rings (SSSR count). The van der Waals surface area contributed by atoms with Gasteiger partial charge in [0.05, 0.1) is 5.69 Å². The van der Waals surface area contributed by atoms with Gasteiger partial charge in [-0.25, -0.2) is 0 Å². The SMILES string of the molecule is CC1CCCN(C(=O)CCN2C(=O)C(C)Oc3ccccc32)CC1. The molecule has 0 radical (unpaired) electrons. The lowest BCUT2D eigenvalue weighted by molar-refractivity contribution is -0.131. The number of benzene rings is 1. The molecular weight excluding hydrogens is 304 g/mol. The summed E-state index contributed by atoms with van der Waals surface area (Å²) in [5.74, 6) is 1.47. The largest absolute Gasteiger partial charge is 0.479 e. The van der Waals surface area contributed by atoms with Crippen LogP contribution in [0.15, 0.2) is 24.3 Å². The molecule has 0 aromatic heterocycles. The maximum absolute atomic E-state index is 12.6. The van der Waals surface area contributed by atoms with Crippen molar-refractivity contribution in [2.45, 2.75) is 45.6 Å². The van der Waals surface area contributed by atoms with Crippen LogP contribution < -0.4 is 9.64 Å². The average molecular weight is 330 g/mol. The van der Waals surface area contributed by atoms with Gasteiger partial charge in [0.25, 0.3) is 5.91 Å². The van der Waals surface area contributed by atoms with Crippen LogP contribution in [0.5, 0.6) is 5.75 Å². The molecule has 2 amide bonds. The molecule has 24 heavy (non-hydrogen) atoms. The van der Waals surface area contributed by atoms with Crippen molar-refractivity contribution < 1.29 is 14.3 Å². The molecule has 2 aliphatic rings. The van der Waals surface area contributed by atoms with E-state index in [1.807, 2.05) is 29.2 Å². The minimum absolute atomic E-state index is 0.0778. The topological polar surface area (TPSA) is 49.9 Å². The van der Waals surface area contributed by atoms with Crippen molar-refractivity contribution in [3.8, 4) is 5.75 Å². The fraction of sp³-hybridized carbons (Fsp3) is 0.579. The Balaban J connectivity index is 1.65. The van der Waals surface area contributed by atoms with E-state index in [9.17, 15) is 9.59 Å². The summed E-state index contributed by atoms with van der Waals surface area (Å²) in [5, 5.41) is 0. The van der Waals surface area contributed by atoms with E-state index in [1.165, 1.54) is 6.42 Å². The van der Waals surface area contributed by atoms with E-state index >= 15 is 0 Å². The van der Waals surface area contributed by atoms with Gasteiger partial charge in [0.1, 0.15) is 5.75 Å². The summed E-state index contributed by atoms with van der Waals surface area (Å²) in [6.07, 6.45) is 3.19. The summed E-state index contributed by atoms with van der Waals surface area (Å²) >= 11 is 0. The molecule has 0 bridgehead atoms. The van der Waals surface area contributed by atoms with E-state index in [-0.39, 0.29) is 11.8 Å². The number of likely N-dealkylation sites (tertiary alicyclic amines) is 1. The van der Waals surface area contributed by atoms with Crippen LogP contribution in [0.1, 0.15) is 39.5 Å². The Kier molecular flexibility index (Phi) is 5.07. The molecule has 1 saturated heterocycles. The molecule has 1 aromatic rings. The Hall–Kier alpha value is -2.04. The lowest BCUT2D eigenvalue weighted by Crippen LogP contribution is -2.46. The summed E-state index contributed by atoms with van der Waals surface area (Å²) < 4.78 is 5.64.